The van der Waals surface area contributed by atoms with Gasteiger partial charge < -0.3 is 4.74 Å². The van der Waals surface area contributed by atoms with Gasteiger partial charge in [0.1, 0.15) is 4.70 Å². The van der Waals surface area contributed by atoms with Crippen molar-refractivity contribution >= 4 is 44.6 Å². The highest BCUT2D eigenvalue weighted by molar-refractivity contribution is 7.20. The van der Waals surface area contributed by atoms with Crippen LogP contribution >= 0.6 is 22.7 Å². The number of ether oxygens (including phenoxy) is 1. The van der Waals surface area contributed by atoms with Gasteiger partial charge in [-0.3, -0.25) is 10.0 Å². The number of aromatic nitrogens is 1. The Bertz CT molecular complexity index is 1390. The summed E-state index contributed by atoms with van der Waals surface area (Å²) in [5.74, 6) is -3.24. The molecule has 4 rings (SSSR count). The maximum absolute atomic E-state index is 14.6. The topological polar surface area (TPSA) is 67.5 Å². The number of rotatable bonds is 5. The first-order chi connectivity index (χ1) is 15.2. The van der Waals surface area contributed by atoms with Gasteiger partial charge in [0.2, 0.25) is 5.78 Å². The van der Waals surface area contributed by atoms with Gasteiger partial charge in [0.05, 0.1) is 17.6 Å². The fourth-order valence-corrected chi connectivity index (χ4v) is 5.61. The van der Waals surface area contributed by atoms with Gasteiger partial charge in [-0.2, -0.15) is 0 Å². The summed E-state index contributed by atoms with van der Waals surface area (Å²) in [7, 11) is 1.18. The third-order valence-corrected chi connectivity index (χ3v) is 7.57. The van der Waals surface area contributed by atoms with E-state index in [1.165, 1.54) is 26.2 Å². The summed E-state index contributed by atoms with van der Waals surface area (Å²) in [4.78, 5) is 25.7. The van der Waals surface area contributed by atoms with E-state index in [1.54, 1.807) is 17.5 Å². The zero-order valence-electron chi connectivity index (χ0n) is 17.4. The van der Waals surface area contributed by atoms with E-state index in [2.05, 4.69) is 0 Å². The van der Waals surface area contributed by atoms with Crippen LogP contribution in [0, 0.1) is 25.5 Å². The van der Waals surface area contributed by atoms with Crippen molar-refractivity contribution in [2.75, 3.05) is 7.11 Å². The molecule has 0 saturated heterocycles. The largest absolute Gasteiger partial charge is 0.465 e. The van der Waals surface area contributed by atoms with Crippen molar-refractivity contribution in [1.82, 2.24) is 0 Å². The number of nitrogens with zero attached hydrogens (tertiary/aromatic N) is 1. The number of Topliss-reactive ketones (excluding diaryl/α,β-unsaturated/α-hetero) is 1. The molecule has 2 heterocycles. The quantitative estimate of drug-likeness (QED) is 0.185. The number of aryl methyl sites for hydroxylation is 2. The molecule has 164 valence electrons. The van der Waals surface area contributed by atoms with Crippen LogP contribution in [0.3, 0.4) is 0 Å². The Kier molecular flexibility index (Phi) is 5.79. The second-order valence-corrected chi connectivity index (χ2v) is 9.14. The van der Waals surface area contributed by atoms with E-state index >= 15 is 0 Å². The van der Waals surface area contributed by atoms with Crippen LogP contribution in [0.4, 0.5) is 8.78 Å². The second-order valence-electron chi connectivity index (χ2n) is 7.26. The zero-order chi connectivity index (χ0) is 23.2. The number of carbonyl (C=O) groups excluding carboxylic acids is 2. The standard InChI is InChI=1S/C23H18F2NO4S2/c1-11-7-8-14(19(25)18(11)24)21-17(23(28)30-3)13(10-31-21)9-16(27)22-26(29)15-6-4-5-12(2)20(15)32-22/h4-8,10,29H,9H2,1-3H3/q+1. The molecular formula is C23H18F2NO4S2+. The van der Waals surface area contributed by atoms with Gasteiger partial charge in [0.15, 0.2) is 11.6 Å². The van der Waals surface area contributed by atoms with Gasteiger partial charge in [-0.25, -0.2) is 13.6 Å². The van der Waals surface area contributed by atoms with Crippen molar-refractivity contribution in [3.63, 3.8) is 0 Å². The summed E-state index contributed by atoms with van der Waals surface area (Å²) in [5.41, 5.74) is 1.82. The van der Waals surface area contributed by atoms with E-state index in [1.807, 2.05) is 13.0 Å². The number of halogens is 2. The number of fused-ring (bicyclic) bond motifs is 1. The van der Waals surface area contributed by atoms with Crippen LogP contribution in [0.5, 0.6) is 0 Å². The predicted molar refractivity (Wildman–Crippen MR) is 118 cm³/mol. The van der Waals surface area contributed by atoms with Gasteiger partial charge in [-0.05, 0) is 35.9 Å². The Morgan fingerprint density at radius 2 is 1.84 bits per heavy atom. The summed E-state index contributed by atoms with van der Waals surface area (Å²) in [6.45, 7) is 3.32. The van der Waals surface area contributed by atoms with Crippen molar-refractivity contribution in [1.29, 1.82) is 0 Å². The molecule has 0 aliphatic heterocycles. The van der Waals surface area contributed by atoms with Gasteiger partial charge in [-0.15, -0.1) is 11.3 Å². The third-order valence-electron chi connectivity index (χ3n) is 5.18. The van der Waals surface area contributed by atoms with Crippen molar-refractivity contribution < 1.29 is 33.0 Å². The van der Waals surface area contributed by atoms with Crippen LogP contribution in [-0.4, -0.2) is 24.1 Å². The van der Waals surface area contributed by atoms with E-state index in [4.69, 9.17) is 4.74 Å². The summed E-state index contributed by atoms with van der Waals surface area (Å²) >= 11 is 2.17. The highest BCUT2D eigenvalue weighted by Gasteiger charge is 2.31. The molecular weight excluding hydrogens is 456 g/mol. The molecule has 0 spiro atoms. The van der Waals surface area contributed by atoms with Crippen LogP contribution in [0.2, 0.25) is 0 Å². The van der Waals surface area contributed by atoms with Crippen molar-refractivity contribution in [2.45, 2.75) is 20.3 Å². The average Bonchev–Trinajstić information content (AvgIpc) is 3.34. The molecule has 5 nitrogen and oxygen atoms in total. The van der Waals surface area contributed by atoms with Crippen LogP contribution < -0.4 is 4.73 Å². The molecule has 0 aliphatic rings. The van der Waals surface area contributed by atoms with E-state index in [0.29, 0.717) is 11.1 Å². The number of hydrogen-bond donors (Lipinski definition) is 1. The molecule has 0 amide bonds. The van der Waals surface area contributed by atoms with Crippen molar-refractivity contribution in [3.8, 4) is 10.4 Å². The van der Waals surface area contributed by atoms with Gasteiger partial charge in [-0.1, -0.05) is 35.6 Å². The smallest absolute Gasteiger partial charge is 0.356 e. The zero-order valence-corrected chi connectivity index (χ0v) is 19.0. The molecule has 0 unspecified atom stereocenters. The van der Waals surface area contributed by atoms with Gasteiger partial charge >= 0.3 is 11.0 Å². The first kappa shape index (κ1) is 22.0. The van der Waals surface area contributed by atoms with Crippen LogP contribution in [0.1, 0.15) is 36.9 Å². The highest BCUT2D eigenvalue weighted by Crippen LogP contribution is 2.37. The number of hydrogen-bond acceptors (Lipinski definition) is 6. The SMILES string of the molecule is COC(=O)c1c(CC(=O)c2sc3c(C)cccc3[n+]2O)csc1-c1ccc(C)c(F)c1F. The van der Waals surface area contributed by atoms with Gasteiger partial charge in [0.25, 0.3) is 5.52 Å². The van der Waals surface area contributed by atoms with Crippen molar-refractivity contribution in [2.24, 2.45) is 0 Å². The monoisotopic (exact) mass is 474 g/mol. The first-order valence-electron chi connectivity index (χ1n) is 9.54. The number of benzene rings is 2. The molecule has 0 fully saturated rings. The Labute approximate surface area is 190 Å². The summed E-state index contributed by atoms with van der Waals surface area (Å²) in [5, 5.41) is 12.1. The number of carbonyl (C=O) groups is 2. The minimum absolute atomic E-state index is 0.00906. The number of esters is 1. The van der Waals surface area contributed by atoms with Crippen LogP contribution in [0.15, 0.2) is 35.7 Å². The normalized spacial score (nSPS) is 11.2. The van der Waals surface area contributed by atoms with Gasteiger partial charge in [0, 0.05) is 22.8 Å². The Morgan fingerprint density at radius 3 is 2.53 bits per heavy atom. The molecule has 0 bridgehead atoms. The number of thiazole rings is 1. The average molecular weight is 475 g/mol. The lowest BCUT2D eigenvalue weighted by molar-refractivity contribution is -0.882. The van der Waals surface area contributed by atoms with Crippen LogP contribution in [0.25, 0.3) is 20.7 Å². The lowest BCUT2D eigenvalue weighted by atomic mass is 10.0. The molecule has 0 aliphatic carbocycles. The lowest BCUT2D eigenvalue weighted by Crippen LogP contribution is -2.35. The molecule has 0 saturated carbocycles. The Balaban J connectivity index is 1.78. The summed E-state index contributed by atoms with van der Waals surface area (Å²) < 4.78 is 35.2. The number of thiophene rings is 1. The fraction of sp³-hybridized carbons (Fsp3) is 0.174. The van der Waals surface area contributed by atoms with Crippen LogP contribution in [-0.2, 0) is 11.2 Å². The fourth-order valence-electron chi connectivity index (χ4n) is 3.48. The molecule has 2 aromatic carbocycles. The van der Waals surface area contributed by atoms with E-state index in [9.17, 15) is 23.6 Å². The van der Waals surface area contributed by atoms with Crippen molar-refractivity contribution in [3.05, 3.63) is 74.6 Å². The molecule has 2 aromatic heterocycles. The number of ketones is 1. The van der Waals surface area contributed by atoms with E-state index in [-0.39, 0.29) is 33.0 Å². The summed E-state index contributed by atoms with van der Waals surface area (Å²) in [6.07, 6.45) is -0.219. The second kappa shape index (κ2) is 8.40. The van der Waals surface area contributed by atoms with E-state index < -0.39 is 23.4 Å². The maximum Gasteiger partial charge on any atom is 0.356 e. The van der Waals surface area contributed by atoms with E-state index in [0.717, 1.165) is 37.7 Å². The minimum atomic E-state index is -1.07. The maximum atomic E-state index is 14.6. The first-order valence-corrected chi connectivity index (χ1v) is 11.2. The molecule has 0 radical (unpaired) electrons. The molecule has 1 N–H and O–H groups in total. The third kappa shape index (κ3) is 3.57. The number of methoxy groups -OCH3 is 1. The molecule has 9 heteroatoms. The Hall–Kier alpha value is -3.17. The minimum Gasteiger partial charge on any atom is -0.465 e. The Morgan fingerprint density at radius 1 is 1.09 bits per heavy atom. The highest BCUT2D eigenvalue weighted by atomic mass is 32.1. The predicted octanol–water partition coefficient (Wildman–Crippen LogP) is 5.26. The molecule has 0 atom stereocenters. The summed E-state index contributed by atoms with van der Waals surface area (Å²) in [6, 6.07) is 8.18. The molecule has 4 aromatic rings. The molecule has 32 heavy (non-hydrogen) atoms. The lowest BCUT2D eigenvalue weighted by Gasteiger charge is -2.08.